The van der Waals surface area contributed by atoms with Crippen LogP contribution >= 0.6 is 0 Å². The van der Waals surface area contributed by atoms with Gasteiger partial charge in [-0.1, -0.05) is 0 Å². The molecule has 3 aromatic rings. The zero-order valence-electron chi connectivity index (χ0n) is 20.0. The Labute approximate surface area is 208 Å². The summed E-state index contributed by atoms with van der Waals surface area (Å²) in [6.45, 7) is 5.86. The molecule has 2 heterocycles. The molecule has 1 fully saturated rings. The van der Waals surface area contributed by atoms with Crippen molar-refractivity contribution >= 4 is 27.2 Å². The van der Waals surface area contributed by atoms with E-state index < -0.39 is 26.6 Å². The normalized spacial score (nSPS) is 13.9. The number of hydrogen-bond acceptors (Lipinski definition) is 7. The number of ether oxygens (including phenoxy) is 1. The van der Waals surface area contributed by atoms with E-state index in [2.05, 4.69) is 20.7 Å². The third-order valence-corrected chi connectivity index (χ3v) is 7.54. The number of nitrogens with one attached hydrogen (secondary N) is 1. The fraction of sp³-hybridized carbons (Fsp3) is 0.280. The van der Waals surface area contributed by atoms with E-state index in [1.54, 1.807) is 21.0 Å². The predicted molar refractivity (Wildman–Crippen MR) is 133 cm³/mol. The first-order chi connectivity index (χ1) is 17.1. The number of sulfonamides is 1. The van der Waals surface area contributed by atoms with Crippen LogP contribution in [0.3, 0.4) is 0 Å². The minimum Gasteiger partial charge on any atom is -0.497 e. The zero-order chi connectivity index (χ0) is 26.0. The highest BCUT2D eigenvalue weighted by Crippen LogP contribution is 2.32. The average molecular weight is 514 g/mol. The second kappa shape index (κ2) is 9.99. The van der Waals surface area contributed by atoms with Gasteiger partial charge >= 0.3 is 0 Å². The van der Waals surface area contributed by atoms with Crippen molar-refractivity contribution in [3.8, 4) is 11.8 Å². The third kappa shape index (κ3) is 4.90. The third-order valence-electron chi connectivity index (χ3n) is 6.16. The molecule has 2 aromatic carbocycles. The van der Waals surface area contributed by atoms with E-state index >= 15 is 0 Å². The maximum atomic E-state index is 14.2. The maximum Gasteiger partial charge on any atom is 0.264 e. The van der Waals surface area contributed by atoms with Crippen molar-refractivity contribution in [2.24, 2.45) is 0 Å². The predicted octanol–water partition coefficient (Wildman–Crippen LogP) is 3.98. The molecule has 4 rings (SSSR count). The average Bonchev–Trinajstić information content (AvgIpc) is 2.86. The van der Waals surface area contributed by atoms with Gasteiger partial charge in [0.1, 0.15) is 34.2 Å². The lowest BCUT2D eigenvalue weighted by Crippen LogP contribution is -2.47. The van der Waals surface area contributed by atoms with E-state index in [9.17, 15) is 22.5 Å². The first-order valence-electron chi connectivity index (χ1n) is 11.2. The van der Waals surface area contributed by atoms with E-state index in [1.807, 2.05) is 29.2 Å². The lowest BCUT2D eigenvalue weighted by molar-refractivity contribution is 0.415. The topological polar surface area (TPSA) is 98.6 Å². The molecule has 1 aliphatic heterocycles. The molecule has 36 heavy (non-hydrogen) atoms. The molecule has 1 aliphatic rings. The lowest BCUT2D eigenvalue weighted by Gasteiger charge is -2.37. The van der Waals surface area contributed by atoms with E-state index in [1.165, 1.54) is 0 Å². The van der Waals surface area contributed by atoms with Gasteiger partial charge in [-0.3, -0.25) is 4.72 Å². The summed E-state index contributed by atoms with van der Waals surface area (Å²) >= 11 is 0. The summed E-state index contributed by atoms with van der Waals surface area (Å²) in [5.74, 6) is -0.844. The summed E-state index contributed by atoms with van der Waals surface area (Å²) in [6, 6.07) is 12.2. The molecule has 0 radical (unpaired) electrons. The van der Waals surface area contributed by atoms with E-state index in [-0.39, 0.29) is 11.3 Å². The van der Waals surface area contributed by atoms with Crippen LogP contribution in [0, 0.1) is 36.8 Å². The molecular weight excluding hydrogens is 488 g/mol. The van der Waals surface area contributed by atoms with Gasteiger partial charge in [0.25, 0.3) is 10.0 Å². The summed E-state index contributed by atoms with van der Waals surface area (Å²) < 4.78 is 60.6. The number of methoxy groups -OCH3 is 1. The fourth-order valence-corrected chi connectivity index (χ4v) is 5.44. The number of piperazine rings is 1. The van der Waals surface area contributed by atoms with Crippen molar-refractivity contribution in [3.05, 3.63) is 70.9 Å². The van der Waals surface area contributed by atoms with Crippen LogP contribution in [0.5, 0.6) is 5.75 Å². The minimum absolute atomic E-state index is 0.0934. The van der Waals surface area contributed by atoms with Crippen molar-refractivity contribution in [1.82, 2.24) is 4.98 Å². The van der Waals surface area contributed by atoms with Crippen LogP contribution in [0.15, 0.2) is 47.4 Å². The summed E-state index contributed by atoms with van der Waals surface area (Å²) in [4.78, 5) is 8.08. The Hall–Kier alpha value is -3.91. The molecule has 8 nitrogen and oxygen atoms in total. The molecule has 0 unspecified atom stereocenters. The van der Waals surface area contributed by atoms with Gasteiger partial charge in [-0.25, -0.2) is 22.2 Å². The van der Waals surface area contributed by atoms with Crippen LogP contribution in [-0.2, 0) is 10.0 Å². The van der Waals surface area contributed by atoms with Gasteiger partial charge in [0.15, 0.2) is 0 Å². The highest BCUT2D eigenvalue weighted by Gasteiger charge is 2.27. The Morgan fingerprint density at radius 3 is 2.25 bits per heavy atom. The molecular formula is C25H25F2N5O3S. The number of nitrogens with zero attached hydrogens (tertiary/aromatic N) is 4. The molecule has 1 saturated heterocycles. The van der Waals surface area contributed by atoms with Crippen molar-refractivity contribution < 1.29 is 21.9 Å². The number of aromatic nitrogens is 1. The van der Waals surface area contributed by atoms with Crippen molar-refractivity contribution in [3.63, 3.8) is 0 Å². The number of benzene rings is 2. The van der Waals surface area contributed by atoms with Crippen LogP contribution in [0.4, 0.5) is 26.0 Å². The van der Waals surface area contributed by atoms with E-state index in [4.69, 9.17) is 4.74 Å². The Balaban J connectivity index is 1.58. The molecule has 0 amide bonds. The highest BCUT2D eigenvalue weighted by atomic mass is 32.2. The number of hydrogen-bond donors (Lipinski definition) is 1. The standard InChI is InChI=1S/C25H25F2N5O3S/c1-16-21(15-28)25(32-12-10-31(11-13-32)19-5-7-20(35-3)8-6-19)29-17(2)24(16)30-36(33,34)23-9-4-18(26)14-22(23)27/h4-9,14,30H,10-13H2,1-3H3. The maximum absolute atomic E-state index is 14.2. The van der Waals surface area contributed by atoms with Gasteiger partial charge in [-0.05, 0) is 55.8 Å². The number of halogens is 2. The van der Waals surface area contributed by atoms with Crippen LogP contribution in [-0.4, -0.2) is 46.7 Å². The fourth-order valence-electron chi connectivity index (χ4n) is 4.20. The molecule has 0 aliphatic carbocycles. The Bertz CT molecular complexity index is 1430. The Kier molecular flexibility index (Phi) is 6.99. The van der Waals surface area contributed by atoms with Gasteiger partial charge in [0, 0.05) is 37.9 Å². The second-order valence-corrected chi connectivity index (χ2v) is 10.0. The molecule has 11 heteroatoms. The SMILES string of the molecule is COc1ccc(N2CCN(c3nc(C)c(NS(=O)(=O)c4ccc(F)cc4F)c(C)c3C#N)CC2)cc1. The molecule has 0 saturated carbocycles. The van der Waals surface area contributed by atoms with Crippen molar-refractivity contribution in [2.75, 3.05) is 47.8 Å². The van der Waals surface area contributed by atoms with Gasteiger partial charge in [0.2, 0.25) is 0 Å². The number of anilines is 3. The van der Waals surface area contributed by atoms with Crippen molar-refractivity contribution in [2.45, 2.75) is 18.7 Å². The first kappa shape index (κ1) is 25.2. The Morgan fingerprint density at radius 1 is 1.03 bits per heavy atom. The number of rotatable bonds is 6. The van der Waals surface area contributed by atoms with E-state index in [0.717, 1.165) is 23.6 Å². The lowest BCUT2D eigenvalue weighted by atomic mass is 10.1. The molecule has 0 atom stereocenters. The highest BCUT2D eigenvalue weighted by molar-refractivity contribution is 7.92. The largest absolute Gasteiger partial charge is 0.497 e. The van der Waals surface area contributed by atoms with E-state index in [0.29, 0.717) is 49.3 Å². The monoisotopic (exact) mass is 513 g/mol. The summed E-state index contributed by atoms with van der Waals surface area (Å²) in [5.41, 5.74) is 2.11. The molecule has 0 spiro atoms. The zero-order valence-corrected chi connectivity index (χ0v) is 20.9. The van der Waals surface area contributed by atoms with Crippen LogP contribution in [0.2, 0.25) is 0 Å². The smallest absolute Gasteiger partial charge is 0.264 e. The number of nitriles is 1. The van der Waals surface area contributed by atoms with Crippen molar-refractivity contribution in [1.29, 1.82) is 5.26 Å². The van der Waals surface area contributed by atoms with Crippen LogP contribution in [0.25, 0.3) is 0 Å². The van der Waals surface area contributed by atoms with Crippen LogP contribution in [0.1, 0.15) is 16.8 Å². The Morgan fingerprint density at radius 2 is 1.67 bits per heavy atom. The van der Waals surface area contributed by atoms with Crippen LogP contribution < -0.4 is 19.3 Å². The quantitative estimate of drug-likeness (QED) is 0.532. The van der Waals surface area contributed by atoms with Gasteiger partial charge in [0.05, 0.1) is 24.1 Å². The molecule has 0 bridgehead atoms. The molecule has 1 N–H and O–H groups in total. The summed E-state index contributed by atoms with van der Waals surface area (Å²) in [6.07, 6.45) is 0. The number of aryl methyl sites for hydroxylation is 1. The summed E-state index contributed by atoms with van der Waals surface area (Å²) in [5, 5.41) is 9.90. The van der Waals surface area contributed by atoms with Gasteiger partial charge in [-0.2, -0.15) is 5.26 Å². The first-order valence-corrected chi connectivity index (χ1v) is 12.7. The number of pyridine rings is 1. The van der Waals surface area contributed by atoms with Gasteiger partial charge in [-0.15, -0.1) is 0 Å². The second-order valence-electron chi connectivity index (χ2n) is 8.36. The molecule has 1 aromatic heterocycles. The molecule has 188 valence electrons. The minimum atomic E-state index is -4.38. The summed E-state index contributed by atoms with van der Waals surface area (Å²) in [7, 11) is -2.76. The van der Waals surface area contributed by atoms with Gasteiger partial charge < -0.3 is 14.5 Å².